The van der Waals surface area contributed by atoms with Crippen LogP contribution >= 0.6 is 0 Å². The lowest BCUT2D eigenvalue weighted by atomic mass is 9.88. The van der Waals surface area contributed by atoms with Crippen LogP contribution in [-0.2, 0) is 25.5 Å². The Kier molecular flexibility index (Phi) is 10.0. The van der Waals surface area contributed by atoms with E-state index >= 15 is 0 Å². The number of ether oxygens (including phenoxy) is 2. The highest BCUT2D eigenvalue weighted by Gasteiger charge is 2.35. The maximum Gasteiger partial charge on any atom is 0.411 e. The van der Waals surface area contributed by atoms with Crippen molar-refractivity contribution in [3.8, 4) is 0 Å². The number of aldehydes is 1. The van der Waals surface area contributed by atoms with Crippen LogP contribution in [0.1, 0.15) is 56.2 Å². The van der Waals surface area contributed by atoms with Crippen LogP contribution in [0.25, 0.3) is 0 Å². The fourth-order valence-electron chi connectivity index (χ4n) is 4.87. The van der Waals surface area contributed by atoms with Gasteiger partial charge in [0.15, 0.2) is 0 Å². The number of carbonyl (C=O) groups is 3. The van der Waals surface area contributed by atoms with E-state index in [-0.39, 0.29) is 54.9 Å². The van der Waals surface area contributed by atoms with Gasteiger partial charge in [0, 0.05) is 17.9 Å². The van der Waals surface area contributed by atoms with Crippen molar-refractivity contribution in [2.45, 2.75) is 63.7 Å². The molecule has 3 unspecified atom stereocenters. The van der Waals surface area contributed by atoms with Gasteiger partial charge in [-0.25, -0.2) is 13.6 Å². The number of rotatable bonds is 9. The Bertz CT molecular complexity index is 1380. The monoisotopic (exact) mass is 579 g/mol. The zero-order valence-corrected chi connectivity index (χ0v) is 23.9. The Morgan fingerprint density at radius 1 is 1.10 bits per heavy atom. The van der Waals surface area contributed by atoms with Crippen molar-refractivity contribution in [2.75, 3.05) is 18.5 Å². The van der Waals surface area contributed by atoms with Crippen LogP contribution in [0.4, 0.5) is 19.3 Å². The van der Waals surface area contributed by atoms with E-state index in [0.29, 0.717) is 12.7 Å². The number of benzene rings is 2. The largest absolute Gasteiger partial charge is 0.444 e. The minimum absolute atomic E-state index is 0.0000892. The fourth-order valence-corrected chi connectivity index (χ4v) is 4.87. The fraction of sp³-hybridized carbons (Fsp3) is 0.375. The third kappa shape index (κ3) is 8.19. The summed E-state index contributed by atoms with van der Waals surface area (Å²) in [7, 11) is 0. The van der Waals surface area contributed by atoms with Crippen LogP contribution < -0.4 is 5.32 Å². The Morgan fingerprint density at radius 3 is 2.45 bits per heavy atom. The number of morpholine rings is 1. The van der Waals surface area contributed by atoms with Crippen LogP contribution in [0.5, 0.6) is 0 Å². The first-order valence-corrected chi connectivity index (χ1v) is 13.8. The summed E-state index contributed by atoms with van der Waals surface area (Å²) in [6, 6.07) is 14.6. The Labute approximate surface area is 244 Å². The molecule has 0 saturated carbocycles. The molecule has 0 bridgehead atoms. The molecule has 3 atom stereocenters. The highest BCUT2D eigenvalue weighted by atomic mass is 19.1. The Hall–Kier alpha value is -4.18. The molecule has 4 rings (SSSR count). The maximum absolute atomic E-state index is 15.0. The van der Waals surface area contributed by atoms with Gasteiger partial charge in [0.1, 0.15) is 29.6 Å². The molecule has 1 N–H and O–H groups in total. The molecule has 3 aromatic rings. The average molecular weight is 580 g/mol. The molecule has 2 aromatic carbocycles. The van der Waals surface area contributed by atoms with Gasteiger partial charge in [0.2, 0.25) is 5.91 Å². The van der Waals surface area contributed by atoms with E-state index < -0.39 is 29.7 Å². The molecule has 222 valence electrons. The summed E-state index contributed by atoms with van der Waals surface area (Å²) in [6.45, 7) is 5.32. The number of hydrogen-bond acceptors (Lipinski definition) is 6. The third-order valence-corrected chi connectivity index (χ3v) is 6.95. The Morgan fingerprint density at radius 2 is 1.79 bits per heavy atom. The van der Waals surface area contributed by atoms with E-state index in [1.165, 1.54) is 23.2 Å². The third-order valence-electron chi connectivity index (χ3n) is 6.95. The lowest BCUT2D eigenvalue weighted by Gasteiger charge is -2.38. The molecule has 42 heavy (non-hydrogen) atoms. The lowest BCUT2D eigenvalue weighted by Crippen LogP contribution is -2.54. The molecule has 2 heterocycles. The van der Waals surface area contributed by atoms with Crippen molar-refractivity contribution in [1.29, 1.82) is 0 Å². The number of pyridine rings is 1. The number of carbonyl (C=O) groups excluding carboxylic acids is 3. The summed E-state index contributed by atoms with van der Waals surface area (Å²) < 4.78 is 39.8. The summed E-state index contributed by atoms with van der Waals surface area (Å²) in [5, 5.41) is 2.80. The number of nitrogens with zero attached hydrogens (tertiary/aromatic N) is 2. The number of aromatic nitrogens is 1. The second kappa shape index (κ2) is 13.7. The molecule has 0 spiro atoms. The standard InChI is InChI=1S/C32H35F2N3O5/c1-32(2,3)42-31(40)37-18-25(41-20-24(37)19-38)13-14-26-28(34)16-35-17-29(26)36-30(39)15-27(21-7-5-4-6-8-21)22-9-11-23(33)12-10-22/h4-12,16-17,19,24-25,27H,13-15,18,20H2,1-3H3,(H,36,39). The van der Waals surface area contributed by atoms with Gasteiger partial charge in [0.25, 0.3) is 0 Å². The molecule has 1 aliphatic heterocycles. The van der Waals surface area contributed by atoms with Crippen molar-refractivity contribution in [3.63, 3.8) is 0 Å². The van der Waals surface area contributed by atoms with Gasteiger partial charge in [-0.15, -0.1) is 0 Å². The van der Waals surface area contributed by atoms with Gasteiger partial charge < -0.3 is 19.6 Å². The molecule has 2 amide bonds. The van der Waals surface area contributed by atoms with Crippen molar-refractivity contribution in [1.82, 2.24) is 9.88 Å². The molecule has 1 aromatic heterocycles. The number of amides is 2. The second-order valence-electron chi connectivity index (χ2n) is 11.2. The predicted molar refractivity (Wildman–Crippen MR) is 153 cm³/mol. The molecule has 0 aliphatic carbocycles. The highest BCUT2D eigenvalue weighted by Crippen LogP contribution is 2.30. The van der Waals surface area contributed by atoms with Crippen molar-refractivity contribution in [2.24, 2.45) is 0 Å². The van der Waals surface area contributed by atoms with Crippen LogP contribution in [0.15, 0.2) is 67.0 Å². The first kappa shape index (κ1) is 30.8. The topological polar surface area (TPSA) is 97.8 Å². The molecule has 1 saturated heterocycles. The summed E-state index contributed by atoms with van der Waals surface area (Å²) in [6.07, 6.45) is 2.55. The average Bonchev–Trinajstić information content (AvgIpc) is 2.95. The molecule has 10 heteroatoms. The Balaban J connectivity index is 1.45. The van der Waals surface area contributed by atoms with E-state index in [1.807, 2.05) is 30.3 Å². The quantitative estimate of drug-likeness (QED) is 0.329. The van der Waals surface area contributed by atoms with Gasteiger partial charge in [-0.2, -0.15) is 0 Å². The summed E-state index contributed by atoms with van der Waals surface area (Å²) in [5.41, 5.74) is 1.40. The highest BCUT2D eigenvalue weighted by molar-refractivity contribution is 5.92. The van der Waals surface area contributed by atoms with E-state index in [4.69, 9.17) is 9.47 Å². The number of halogens is 2. The first-order valence-electron chi connectivity index (χ1n) is 13.8. The van der Waals surface area contributed by atoms with Gasteiger partial charge in [-0.05, 0) is 56.9 Å². The van der Waals surface area contributed by atoms with Crippen LogP contribution in [-0.4, -0.2) is 59.1 Å². The smallest absolute Gasteiger partial charge is 0.411 e. The van der Waals surface area contributed by atoms with E-state index in [2.05, 4.69) is 10.3 Å². The normalized spacial score (nSPS) is 17.8. The van der Waals surface area contributed by atoms with Crippen LogP contribution in [0, 0.1) is 11.6 Å². The minimum atomic E-state index is -0.776. The van der Waals surface area contributed by atoms with Gasteiger partial charge >= 0.3 is 6.09 Å². The maximum atomic E-state index is 15.0. The molecule has 1 fully saturated rings. The molecule has 0 radical (unpaired) electrons. The number of anilines is 1. The van der Waals surface area contributed by atoms with Crippen LogP contribution in [0.2, 0.25) is 0 Å². The summed E-state index contributed by atoms with van der Waals surface area (Å²) >= 11 is 0. The zero-order valence-electron chi connectivity index (χ0n) is 23.9. The SMILES string of the molecule is CC(C)(C)OC(=O)N1CC(CCc2c(F)cncc2NC(=O)CC(c2ccccc2)c2ccc(F)cc2)OCC1C=O. The zero-order chi connectivity index (χ0) is 30.3. The summed E-state index contributed by atoms with van der Waals surface area (Å²) in [4.78, 5) is 42.7. The molecular weight excluding hydrogens is 544 g/mol. The van der Waals surface area contributed by atoms with Crippen molar-refractivity contribution in [3.05, 3.63) is 95.3 Å². The van der Waals surface area contributed by atoms with E-state index in [9.17, 15) is 23.2 Å². The molecule has 1 aliphatic rings. The van der Waals surface area contributed by atoms with Crippen molar-refractivity contribution < 1.29 is 32.6 Å². The first-order chi connectivity index (χ1) is 20.0. The van der Waals surface area contributed by atoms with Gasteiger partial charge in [-0.1, -0.05) is 42.5 Å². The molecule has 8 nitrogen and oxygen atoms in total. The minimum Gasteiger partial charge on any atom is -0.444 e. The van der Waals surface area contributed by atoms with Gasteiger partial charge in [-0.3, -0.25) is 14.7 Å². The second-order valence-corrected chi connectivity index (χ2v) is 11.2. The van der Waals surface area contributed by atoms with E-state index in [0.717, 1.165) is 17.3 Å². The summed E-state index contributed by atoms with van der Waals surface area (Å²) in [5.74, 6) is -1.67. The van der Waals surface area contributed by atoms with Crippen molar-refractivity contribution >= 4 is 24.0 Å². The number of nitrogens with one attached hydrogen (secondary N) is 1. The number of hydrogen-bond donors (Lipinski definition) is 1. The van der Waals surface area contributed by atoms with Crippen LogP contribution in [0.3, 0.4) is 0 Å². The van der Waals surface area contributed by atoms with Gasteiger partial charge in [0.05, 0.1) is 37.3 Å². The predicted octanol–water partition coefficient (Wildman–Crippen LogP) is 5.66. The molecular formula is C32H35F2N3O5. The van der Waals surface area contributed by atoms with E-state index in [1.54, 1.807) is 32.9 Å². The lowest BCUT2D eigenvalue weighted by molar-refractivity contribution is -0.123.